The summed E-state index contributed by atoms with van der Waals surface area (Å²) in [6.45, 7) is 5.71. The molecule has 1 rings (SSSR count). The molecule has 0 radical (unpaired) electrons. The van der Waals surface area contributed by atoms with Crippen LogP contribution in [0.5, 0.6) is 5.75 Å². The highest BCUT2D eigenvalue weighted by molar-refractivity contribution is 5.42. The van der Waals surface area contributed by atoms with Gasteiger partial charge >= 0.3 is 0 Å². The highest BCUT2D eigenvalue weighted by atomic mass is 16.5. The van der Waals surface area contributed by atoms with Gasteiger partial charge in [-0.15, -0.1) is 0 Å². The van der Waals surface area contributed by atoms with E-state index in [2.05, 4.69) is 0 Å². The van der Waals surface area contributed by atoms with Crippen molar-refractivity contribution in [1.29, 1.82) is 0 Å². The van der Waals surface area contributed by atoms with Crippen LogP contribution < -0.4 is 10.5 Å². The largest absolute Gasteiger partial charge is 0.497 e. The maximum absolute atomic E-state index is 9.96. The van der Waals surface area contributed by atoms with Gasteiger partial charge in [0.25, 0.3) is 0 Å². The van der Waals surface area contributed by atoms with Crippen LogP contribution in [0.3, 0.4) is 0 Å². The number of rotatable bonds is 3. The van der Waals surface area contributed by atoms with E-state index in [9.17, 15) is 5.11 Å². The van der Waals surface area contributed by atoms with Crippen molar-refractivity contribution < 1.29 is 9.84 Å². The molecule has 0 aliphatic heterocycles. The molecule has 0 unspecified atom stereocenters. The van der Waals surface area contributed by atoms with E-state index in [0.717, 1.165) is 22.4 Å². The fraction of sp³-hybridized carbons (Fsp3) is 0.500. The number of aliphatic hydroxyl groups excluding tert-OH is 1. The van der Waals surface area contributed by atoms with E-state index in [-0.39, 0.29) is 6.04 Å². The average Bonchev–Trinajstić information content (AvgIpc) is 2.16. The van der Waals surface area contributed by atoms with Gasteiger partial charge in [0.05, 0.1) is 13.2 Å². The predicted octanol–water partition coefficient (Wildman–Crippen LogP) is 1.69. The second-order valence-corrected chi connectivity index (χ2v) is 3.98. The van der Waals surface area contributed by atoms with Crippen LogP contribution in [-0.2, 0) is 0 Å². The van der Waals surface area contributed by atoms with Crippen LogP contribution >= 0.6 is 0 Å². The van der Waals surface area contributed by atoms with E-state index in [1.54, 1.807) is 14.0 Å². The van der Waals surface area contributed by atoms with Gasteiger partial charge in [0, 0.05) is 6.04 Å². The Kier molecular flexibility index (Phi) is 3.72. The molecule has 3 nitrogen and oxygen atoms in total. The predicted molar refractivity (Wildman–Crippen MR) is 61.1 cm³/mol. The molecule has 0 aromatic heterocycles. The second kappa shape index (κ2) is 4.64. The molecule has 0 aliphatic carbocycles. The standard InChI is InChI=1S/C12H19NO2/c1-7-5-10(15-4)6-8(2)11(7)12(14)9(3)13/h5-6,9,12,14H,13H2,1-4H3/t9-,12-/m1/s1. The van der Waals surface area contributed by atoms with E-state index in [4.69, 9.17) is 10.5 Å². The minimum absolute atomic E-state index is 0.268. The van der Waals surface area contributed by atoms with Crippen LogP contribution in [0.15, 0.2) is 12.1 Å². The number of nitrogens with two attached hydrogens (primary N) is 1. The fourth-order valence-electron chi connectivity index (χ4n) is 1.78. The van der Waals surface area contributed by atoms with Gasteiger partial charge < -0.3 is 15.6 Å². The van der Waals surface area contributed by atoms with E-state index in [1.165, 1.54) is 0 Å². The van der Waals surface area contributed by atoms with Crippen LogP contribution in [0.2, 0.25) is 0 Å². The van der Waals surface area contributed by atoms with Crippen molar-refractivity contribution in [2.24, 2.45) is 5.73 Å². The zero-order chi connectivity index (χ0) is 11.6. The first-order valence-electron chi connectivity index (χ1n) is 5.06. The fourth-order valence-corrected chi connectivity index (χ4v) is 1.78. The van der Waals surface area contributed by atoms with E-state index in [1.807, 2.05) is 26.0 Å². The minimum Gasteiger partial charge on any atom is -0.497 e. The lowest BCUT2D eigenvalue weighted by Gasteiger charge is -2.20. The molecule has 0 saturated carbocycles. The van der Waals surface area contributed by atoms with Gasteiger partial charge in [-0.25, -0.2) is 0 Å². The van der Waals surface area contributed by atoms with Gasteiger partial charge in [0.2, 0.25) is 0 Å². The highest BCUT2D eigenvalue weighted by Crippen LogP contribution is 2.27. The Labute approximate surface area is 90.9 Å². The Bertz CT molecular complexity index is 324. The Hall–Kier alpha value is -1.06. The van der Waals surface area contributed by atoms with Crippen molar-refractivity contribution >= 4 is 0 Å². The lowest BCUT2D eigenvalue weighted by atomic mass is 9.94. The number of hydrogen-bond donors (Lipinski definition) is 2. The van der Waals surface area contributed by atoms with Crippen molar-refractivity contribution in [3.8, 4) is 5.75 Å². The molecule has 15 heavy (non-hydrogen) atoms. The number of aryl methyl sites for hydroxylation is 2. The van der Waals surface area contributed by atoms with E-state index < -0.39 is 6.10 Å². The maximum atomic E-state index is 9.96. The van der Waals surface area contributed by atoms with Gasteiger partial charge in [-0.05, 0) is 49.6 Å². The summed E-state index contributed by atoms with van der Waals surface area (Å²) in [5, 5.41) is 9.96. The molecule has 0 amide bonds. The topological polar surface area (TPSA) is 55.5 Å². The van der Waals surface area contributed by atoms with Crippen molar-refractivity contribution in [2.45, 2.75) is 32.9 Å². The van der Waals surface area contributed by atoms with Crippen LogP contribution in [0, 0.1) is 13.8 Å². The number of hydrogen-bond acceptors (Lipinski definition) is 3. The van der Waals surface area contributed by atoms with Crippen LogP contribution in [0.25, 0.3) is 0 Å². The van der Waals surface area contributed by atoms with Crippen molar-refractivity contribution in [2.75, 3.05) is 7.11 Å². The lowest BCUT2D eigenvalue weighted by Crippen LogP contribution is -2.25. The second-order valence-electron chi connectivity index (χ2n) is 3.98. The average molecular weight is 209 g/mol. The highest BCUT2D eigenvalue weighted by Gasteiger charge is 2.17. The summed E-state index contributed by atoms with van der Waals surface area (Å²) in [6, 6.07) is 3.55. The molecule has 0 aliphatic rings. The molecule has 0 fully saturated rings. The molecule has 0 saturated heterocycles. The molecule has 1 aromatic rings. The number of methoxy groups -OCH3 is 1. The Morgan fingerprint density at radius 3 is 2.07 bits per heavy atom. The number of ether oxygens (including phenoxy) is 1. The summed E-state index contributed by atoms with van der Waals surface area (Å²) in [5.74, 6) is 0.811. The van der Waals surface area contributed by atoms with Gasteiger partial charge in [-0.2, -0.15) is 0 Å². The van der Waals surface area contributed by atoms with Crippen molar-refractivity contribution in [1.82, 2.24) is 0 Å². The molecule has 0 bridgehead atoms. The zero-order valence-corrected chi connectivity index (χ0v) is 9.74. The summed E-state index contributed by atoms with van der Waals surface area (Å²) >= 11 is 0. The summed E-state index contributed by atoms with van der Waals surface area (Å²) in [7, 11) is 1.63. The van der Waals surface area contributed by atoms with Gasteiger partial charge in [0.1, 0.15) is 5.75 Å². The van der Waals surface area contributed by atoms with Gasteiger partial charge in [-0.1, -0.05) is 0 Å². The smallest absolute Gasteiger partial charge is 0.119 e. The molecular weight excluding hydrogens is 190 g/mol. The SMILES string of the molecule is COc1cc(C)c([C@H](O)[C@@H](C)N)c(C)c1. The zero-order valence-electron chi connectivity index (χ0n) is 9.74. The van der Waals surface area contributed by atoms with Crippen LogP contribution in [-0.4, -0.2) is 18.3 Å². The number of benzene rings is 1. The molecule has 0 spiro atoms. The lowest BCUT2D eigenvalue weighted by molar-refractivity contribution is 0.152. The van der Waals surface area contributed by atoms with Crippen molar-refractivity contribution in [3.63, 3.8) is 0 Å². The van der Waals surface area contributed by atoms with Gasteiger partial charge in [0.15, 0.2) is 0 Å². The monoisotopic (exact) mass is 209 g/mol. The number of aliphatic hydroxyl groups is 1. The van der Waals surface area contributed by atoms with E-state index >= 15 is 0 Å². The summed E-state index contributed by atoms with van der Waals surface area (Å²) in [6.07, 6.45) is -0.615. The van der Waals surface area contributed by atoms with Crippen LogP contribution in [0.4, 0.5) is 0 Å². The Morgan fingerprint density at radius 2 is 1.73 bits per heavy atom. The third-order valence-electron chi connectivity index (χ3n) is 2.60. The molecule has 2 atom stereocenters. The Balaban J connectivity index is 3.19. The van der Waals surface area contributed by atoms with Gasteiger partial charge in [-0.3, -0.25) is 0 Å². The molecule has 1 aromatic carbocycles. The van der Waals surface area contributed by atoms with Crippen molar-refractivity contribution in [3.05, 3.63) is 28.8 Å². The molecule has 3 heteroatoms. The third kappa shape index (κ3) is 2.49. The molecule has 84 valence electrons. The molecule has 3 N–H and O–H groups in total. The first kappa shape index (κ1) is 12.0. The summed E-state index contributed by atoms with van der Waals surface area (Å²) in [4.78, 5) is 0. The van der Waals surface area contributed by atoms with E-state index in [0.29, 0.717) is 0 Å². The molecule has 0 heterocycles. The first-order chi connectivity index (χ1) is 6.97. The first-order valence-corrected chi connectivity index (χ1v) is 5.06. The Morgan fingerprint density at radius 1 is 1.27 bits per heavy atom. The maximum Gasteiger partial charge on any atom is 0.119 e. The molecular formula is C12H19NO2. The minimum atomic E-state index is -0.615. The summed E-state index contributed by atoms with van der Waals surface area (Å²) < 4.78 is 5.16. The normalized spacial score (nSPS) is 14.8. The van der Waals surface area contributed by atoms with Crippen LogP contribution in [0.1, 0.15) is 29.7 Å². The summed E-state index contributed by atoms with van der Waals surface area (Å²) in [5.41, 5.74) is 8.62. The quantitative estimate of drug-likeness (QED) is 0.796. The third-order valence-corrected chi connectivity index (χ3v) is 2.60.